The number of rotatable bonds is 4. The van der Waals surface area contributed by atoms with Crippen molar-refractivity contribution in [1.29, 1.82) is 0 Å². The Hall–Kier alpha value is -2.68. The molecule has 9 nitrogen and oxygen atoms in total. The summed E-state index contributed by atoms with van der Waals surface area (Å²) in [4.78, 5) is 36.7. The number of ether oxygens (including phenoxy) is 1. The molecule has 0 bridgehead atoms. The van der Waals surface area contributed by atoms with E-state index in [1.807, 2.05) is 9.47 Å². The number of morpholine rings is 1. The van der Waals surface area contributed by atoms with Gasteiger partial charge in [-0.2, -0.15) is 4.98 Å². The number of carbonyl (C=O) groups is 1. The molecule has 1 aliphatic heterocycles. The number of anilines is 2. The summed E-state index contributed by atoms with van der Waals surface area (Å²) >= 11 is 0. The Balaban J connectivity index is 1.29. The number of amides is 1. The van der Waals surface area contributed by atoms with Crippen molar-refractivity contribution in [3.05, 3.63) is 22.6 Å². The summed E-state index contributed by atoms with van der Waals surface area (Å²) in [5.41, 5.74) is 7.06. The normalized spacial score (nSPS) is 24.7. The molecule has 9 heteroatoms. The number of nitrogens with two attached hydrogens (primary N) is 1. The Bertz CT molecular complexity index is 1030. The van der Waals surface area contributed by atoms with Gasteiger partial charge in [0.05, 0.1) is 18.6 Å². The summed E-state index contributed by atoms with van der Waals surface area (Å²) in [5.74, 6) is 0.887. The molecule has 0 unspecified atom stereocenters. The zero-order valence-electron chi connectivity index (χ0n) is 18.5. The van der Waals surface area contributed by atoms with E-state index in [0.29, 0.717) is 43.6 Å². The van der Waals surface area contributed by atoms with Gasteiger partial charge in [0.15, 0.2) is 5.65 Å². The average molecular weight is 441 g/mol. The van der Waals surface area contributed by atoms with Gasteiger partial charge in [-0.3, -0.25) is 14.2 Å². The predicted octanol–water partition coefficient (Wildman–Crippen LogP) is 2.32. The summed E-state index contributed by atoms with van der Waals surface area (Å²) in [6.07, 6.45) is 9.49. The fourth-order valence-corrected chi connectivity index (χ4v) is 5.44. The highest BCUT2D eigenvalue weighted by molar-refractivity contribution is 5.87. The topological polar surface area (TPSA) is 115 Å². The van der Waals surface area contributed by atoms with Gasteiger partial charge in [0, 0.05) is 49.0 Å². The highest BCUT2D eigenvalue weighted by Gasteiger charge is 2.30. The zero-order chi connectivity index (χ0) is 22.1. The molecule has 2 aromatic heterocycles. The fraction of sp³-hybridized carbons (Fsp3) is 0.652. The Morgan fingerprint density at radius 1 is 1.09 bits per heavy atom. The first-order valence-corrected chi connectivity index (χ1v) is 11.9. The summed E-state index contributed by atoms with van der Waals surface area (Å²) in [6.45, 7) is 2.68. The Labute approximate surface area is 187 Å². The maximum absolute atomic E-state index is 12.8. The third kappa shape index (κ3) is 4.18. The van der Waals surface area contributed by atoms with Gasteiger partial charge in [0.25, 0.3) is 5.56 Å². The molecule has 0 aromatic carbocycles. The number of pyridine rings is 1. The molecule has 0 atom stereocenters. The molecule has 2 aromatic rings. The van der Waals surface area contributed by atoms with Gasteiger partial charge in [-0.05, 0) is 38.5 Å². The smallest absolute Gasteiger partial charge is 0.254 e. The monoisotopic (exact) mass is 440 g/mol. The first-order chi connectivity index (χ1) is 15.6. The number of nitrogen functional groups attached to an aromatic ring is 1. The molecular weight excluding hydrogens is 408 g/mol. The Morgan fingerprint density at radius 3 is 2.53 bits per heavy atom. The van der Waals surface area contributed by atoms with Gasteiger partial charge < -0.3 is 20.7 Å². The van der Waals surface area contributed by atoms with Crippen molar-refractivity contribution in [2.45, 2.75) is 63.5 Å². The van der Waals surface area contributed by atoms with E-state index in [0.717, 1.165) is 56.8 Å². The molecule has 0 spiro atoms. The van der Waals surface area contributed by atoms with Crippen molar-refractivity contribution in [3.63, 3.8) is 0 Å². The van der Waals surface area contributed by atoms with E-state index in [1.54, 1.807) is 6.20 Å². The van der Waals surface area contributed by atoms with Crippen LogP contribution in [0.2, 0.25) is 0 Å². The number of nitrogens with one attached hydrogen (secondary N) is 1. The van der Waals surface area contributed by atoms with Crippen LogP contribution < -0.4 is 16.6 Å². The number of fused-ring (bicyclic) bond motifs is 1. The van der Waals surface area contributed by atoms with Crippen molar-refractivity contribution in [1.82, 2.24) is 19.4 Å². The average Bonchev–Trinajstić information content (AvgIpc) is 3.34. The third-order valence-electron chi connectivity index (χ3n) is 7.25. The largest absolute Gasteiger partial charge is 0.398 e. The van der Waals surface area contributed by atoms with Crippen molar-refractivity contribution in [3.8, 4) is 0 Å². The number of nitrogens with zero attached hydrogens (tertiary/aromatic N) is 4. The minimum Gasteiger partial charge on any atom is -0.398 e. The van der Waals surface area contributed by atoms with E-state index < -0.39 is 0 Å². The molecule has 172 valence electrons. The zero-order valence-corrected chi connectivity index (χ0v) is 18.5. The van der Waals surface area contributed by atoms with E-state index in [-0.39, 0.29) is 29.5 Å². The van der Waals surface area contributed by atoms with Gasteiger partial charge in [-0.1, -0.05) is 12.8 Å². The summed E-state index contributed by atoms with van der Waals surface area (Å²) in [7, 11) is 0. The van der Waals surface area contributed by atoms with Crippen LogP contribution in [0.5, 0.6) is 0 Å². The highest BCUT2D eigenvalue weighted by Crippen LogP contribution is 2.32. The number of hydrogen-bond donors (Lipinski definition) is 2. The molecule has 3 N–H and O–H groups in total. The van der Waals surface area contributed by atoms with Crippen molar-refractivity contribution < 1.29 is 9.53 Å². The van der Waals surface area contributed by atoms with E-state index in [9.17, 15) is 9.59 Å². The first kappa shape index (κ1) is 21.2. The second-order valence-corrected chi connectivity index (χ2v) is 9.31. The second-order valence-electron chi connectivity index (χ2n) is 9.31. The number of carbonyl (C=O) groups excluding carboxylic acids is 1. The van der Waals surface area contributed by atoms with Gasteiger partial charge in [-0.25, -0.2) is 4.98 Å². The van der Waals surface area contributed by atoms with Crippen molar-refractivity contribution >= 4 is 28.6 Å². The van der Waals surface area contributed by atoms with Crippen molar-refractivity contribution in [2.75, 3.05) is 37.4 Å². The van der Waals surface area contributed by atoms with E-state index in [1.165, 1.54) is 6.07 Å². The van der Waals surface area contributed by atoms with Gasteiger partial charge in [0.2, 0.25) is 11.9 Å². The Kier molecular flexibility index (Phi) is 5.99. The molecule has 32 heavy (non-hydrogen) atoms. The van der Waals surface area contributed by atoms with Crippen LogP contribution in [0.15, 0.2) is 17.1 Å². The van der Waals surface area contributed by atoms with Crippen LogP contribution in [-0.4, -0.2) is 57.7 Å². The predicted molar refractivity (Wildman–Crippen MR) is 122 cm³/mol. The highest BCUT2D eigenvalue weighted by atomic mass is 16.5. The molecule has 2 saturated carbocycles. The molecule has 3 fully saturated rings. The lowest BCUT2D eigenvalue weighted by atomic mass is 9.85. The lowest BCUT2D eigenvalue weighted by molar-refractivity contribution is -0.140. The first-order valence-electron chi connectivity index (χ1n) is 11.9. The van der Waals surface area contributed by atoms with Gasteiger partial charge in [0.1, 0.15) is 0 Å². The van der Waals surface area contributed by atoms with Crippen molar-refractivity contribution in [2.24, 2.45) is 5.92 Å². The maximum Gasteiger partial charge on any atom is 0.254 e. The summed E-state index contributed by atoms with van der Waals surface area (Å²) in [6, 6.07) is 1.88. The van der Waals surface area contributed by atoms with Crippen LogP contribution in [0.3, 0.4) is 0 Å². The van der Waals surface area contributed by atoms with Crippen LogP contribution >= 0.6 is 0 Å². The SMILES string of the molecule is Nc1cc(=O)n(C2CCCC2)c2nc(N[C@H]3CC[C@H](C(=O)N4CCOCC4)CC3)ncc12. The van der Waals surface area contributed by atoms with Crippen LogP contribution in [0.1, 0.15) is 57.4 Å². The lowest BCUT2D eigenvalue weighted by Gasteiger charge is -2.34. The van der Waals surface area contributed by atoms with Gasteiger partial charge in [-0.15, -0.1) is 0 Å². The molecule has 5 rings (SSSR count). The molecular formula is C23H32N6O3. The summed E-state index contributed by atoms with van der Waals surface area (Å²) in [5, 5.41) is 4.17. The third-order valence-corrected chi connectivity index (χ3v) is 7.25. The molecule has 0 radical (unpaired) electrons. The minimum absolute atomic E-state index is 0.0892. The molecule has 2 aliphatic carbocycles. The molecule has 3 aliphatic rings. The molecule has 3 heterocycles. The van der Waals surface area contributed by atoms with Gasteiger partial charge >= 0.3 is 0 Å². The van der Waals surface area contributed by atoms with E-state index in [2.05, 4.69) is 10.3 Å². The minimum atomic E-state index is -0.0892. The fourth-order valence-electron chi connectivity index (χ4n) is 5.44. The van der Waals surface area contributed by atoms with Crippen LogP contribution in [0.4, 0.5) is 11.6 Å². The second kappa shape index (κ2) is 9.05. The lowest BCUT2D eigenvalue weighted by Crippen LogP contribution is -2.45. The maximum atomic E-state index is 12.8. The van der Waals surface area contributed by atoms with Crippen LogP contribution in [0, 0.1) is 5.92 Å². The summed E-state index contributed by atoms with van der Waals surface area (Å²) < 4.78 is 7.17. The Morgan fingerprint density at radius 2 is 1.81 bits per heavy atom. The van der Waals surface area contributed by atoms with E-state index >= 15 is 0 Å². The molecule has 1 amide bonds. The van der Waals surface area contributed by atoms with Crippen LogP contribution in [0.25, 0.3) is 11.0 Å². The number of aromatic nitrogens is 3. The standard InChI is InChI=1S/C23H32N6O3/c24-19-13-20(30)29(17-3-1-2-4-17)21-18(19)14-25-23(27-21)26-16-7-5-15(6-8-16)22(31)28-9-11-32-12-10-28/h13-17H,1-12,24H2,(H,25,26,27)/t15-,16-. The molecule has 1 saturated heterocycles. The van der Waals surface area contributed by atoms with E-state index in [4.69, 9.17) is 15.5 Å². The quantitative estimate of drug-likeness (QED) is 0.750. The van der Waals surface area contributed by atoms with Crippen LogP contribution in [-0.2, 0) is 9.53 Å². The number of hydrogen-bond acceptors (Lipinski definition) is 7.